The first-order valence-corrected chi connectivity index (χ1v) is 6.89. The first-order chi connectivity index (χ1) is 9.35. The third-order valence-electron chi connectivity index (χ3n) is 2.54. The summed E-state index contributed by atoms with van der Waals surface area (Å²) in [6, 6.07) is 0. The molecule has 1 saturated heterocycles. The number of thioether (sulfide) groups is 1. The van der Waals surface area contributed by atoms with E-state index in [1.807, 2.05) is 0 Å². The molecule has 0 radical (unpaired) electrons. The minimum Gasteiger partial charge on any atom is -0.457 e. The Morgan fingerprint density at radius 1 is 1.05 bits per heavy atom. The third-order valence-corrected chi connectivity index (χ3v) is 3.58. The van der Waals surface area contributed by atoms with Gasteiger partial charge in [0, 0.05) is 27.9 Å². The van der Waals surface area contributed by atoms with Gasteiger partial charge >= 0.3 is 11.9 Å². The first kappa shape index (κ1) is 16.9. The van der Waals surface area contributed by atoms with Crippen LogP contribution in [0.25, 0.3) is 0 Å². The van der Waals surface area contributed by atoms with Crippen molar-refractivity contribution < 1.29 is 33.3 Å². The molecule has 0 aliphatic carbocycles. The zero-order valence-electron chi connectivity index (χ0n) is 11.8. The van der Waals surface area contributed by atoms with Crippen LogP contribution in [0.2, 0.25) is 0 Å². The van der Waals surface area contributed by atoms with Crippen molar-refractivity contribution in [2.24, 2.45) is 0 Å². The van der Waals surface area contributed by atoms with Crippen LogP contribution in [-0.2, 0) is 33.3 Å². The van der Waals surface area contributed by atoms with E-state index in [9.17, 15) is 14.4 Å². The topological polar surface area (TPSA) is 88.1 Å². The highest BCUT2D eigenvalue weighted by Gasteiger charge is 2.46. The third kappa shape index (κ3) is 4.77. The summed E-state index contributed by atoms with van der Waals surface area (Å²) in [7, 11) is 1.39. The maximum Gasteiger partial charge on any atom is 0.303 e. The molecule has 1 fully saturated rings. The molecule has 1 aliphatic heterocycles. The lowest BCUT2D eigenvalue weighted by Gasteiger charge is -2.39. The number of hydrogen-bond donors (Lipinski definition) is 0. The smallest absolute Gasteiger partial charge is 0.303 e. The lowest BCUT2D eigenvalue weighted by atomic mass is 10.1. The van der Waals surface area contributed by atoms with E-state index in [4.69, 9.17) is 18.9 Å². The van der Waals surface area contributed by atoms with Crippen LogP contribution >= 0.6 is 11.8 Å². The first-order valence-electron chi connectivity index (χ1n) is 6.01. The van der Waals surface area contributed by atoms with Crippen LogP contribution < -0.4 is 0 Å². The highest BCUT2D eigenvalue weighted by molar-refractivity contribution is 8.14. The van der Waals surface area contributed by atoms with Crippen molar-refractivity contribution in [1.82, 2.24) is 0 Å². The molecule has 1 heterocycles. The van der Waals surface area contributed by atoms with E-state index in [1.165, 1.54) is 27.9 Å². The fourth-order valence-electron chi connectivity index (χ4n) is 1.91. The van der Waals surface area contributed by atoms with Crippen molar-refractivity contribution in [3.8, 4) is 0 Å². The molecule has 0 aromatic rings. The maximum absolute atomic E-state index is 11.3. The molecule has 0 N–H and O–H groups in total. The summed E-state index contributed by atoms with van der Waals surface area (Å²) in [6.45, 7) is 4.04. The summed E-state index contributed by atoms with van der Waals surface area (Å²) in [6.07, 6.45) is -2.55. The molecule has 1 aliphatic rings. The van der Waals surface area contributed by atoms with E-state index >= 15 is 0 Å². The van der Waals surface area contributed by atoms with Crippen molar-refractivity contribution in [1.29, 1.82) is 0 Å². The van der Waals surface area contributed by atoms with Crippen molar-refractivity contribution >= 4 is 28.8 Å². The number of carbonyl (C=O) groups is 3. The average molecular weight is 306 g/mol. The Bertz CT molecular complexity index is 384. The van der Waals surface area contributed by atoms with Crippen molar-refractivity contribution in [3.63, 3.8) is 0 Å². The second kappa shape index (κ2) is 7.61. The summed E-state index contributed by atoms with van der Waals surface area (Å²) in [5, 5.41) is -0.597. The Morgan fingerprint density at radius 2 is 1.60 bits per heavy atom. The molecule has 1 rings (SSSR count). The van der Waals surface area contributed by atoms with Crippen LogP contribution in [0.4, 0.5) is 0 Å². The molecule has 7 nitrogen and oxygen atoms in total. The van der Waals surface area contributed by atoms with Crippen molar-refractivity contribution in [2.75, 3.05) is 13.7 Å². The van der Waals surface area contributed by atoms with Crippen LogP contribution in [0.5, 0.6) is 0 Å². The molecule has 8 heteroatoms. The fourth-order valence-corrected chi connectivity index (χ4v) is 2.83. The highest BCUT2D eigenvalue weighted by atomic mass is 32.2. The molecule has 0 unspecified atom stereocenters. The Balaban J connectivity index is 2.95. The van der Waals surface area contributed by atoms with Crippen LogP contribution in [0, 0.1) is 0 Å². The van der Waals surface area contributed by atoms with Crippen LogP contribution in [0.15, 0.2) is 0 Å². The van der Waals surface area contributed by atoms with Gasteiger partial charge in [0.05, 0.1) is 11.9 Å². The average Bonchev–Trinajstić information content (AvgIpc) is 2.31. The Kier molecular flexibility index (Phi) is 6.44. The predicted octanol–water partition coefficient (Wildman–Crippen LogP) is 0.501. The van der Waals surface area contributed by atoms with Gasteiger partial charge in [0.2, 0.25) is 0 Å². The van der Waals surface area contributed by atoms with Gasteiger partial charge in [-0.05, 0) is 0 Å². The number of ether oxygens (including phenoxy) is 4. The quantitative estimate of drug-likeness (QED) is 0.694. The minimum absolute atomic E-state index is 0.145. The van der Waals surface area contributed by atoms with Crippen LogP contribution in [0.1, 0.15) is 20.8 Å². The van der Waals surface area contributed by atoms with Gasteiger partial charge in [-0.2, -0.15) is 0 Å². The number of carbonyl (C=O) groups excluding carboxylic acids is 3. The van der Waals surface area contributed by atoms with Gasteiger partial charge < -0.3 is 18.9 Å². The van der Waals surface area contributed by atoms with Crippen LogP contribution in [0.3, 0.4) is 0 Å². The number of hydrogen-bond acceptors (Lipinski definition) is 8. The Hall–Kier alpha value is -1.12. The van der Waals surface area contributed by atoms with E-state index in [0.717, 1.165) is 11.8 Å². The largest absolute Gasteiger partial charge is 0.457 e. The molecule has 0 bridgehead atoms. The highest BCUT2D eigenvalue weighted by Crippen LogP contribution is 2.30. The van der Waals surface area contributed by atoms with Gasteiger partial charge in [-0.25, -0.2) is 0 Å². The zero-order chi connectivity index (χ0) is 15.3. The summed E-state index contributed by atoms with van der Waals surface area (Å²) in [5.41, 5.74) is 0. The maximum atomic E-state index is 11.3. The lowest BCUT2D eigenvalue weighted by molar-refractivity contribution is -0.245. The van der Waals surface area contributed by atoms with E-state index in [0.29, 0.717) is 0 Å². The minimum atomic E-state index is -0.910. The molecule has 4 atom stereocenters. The standard InChI is InChI=1S/C12H18O7S/c1-6(13)18-10-9(20-8(3)15)5-17-12(16-4)11(10)19-7(2)14/h9-12H,5H2,1-4H3/t9-,10-,11+,12-/m0/s1. The Labute approximate surface area is 121 Å². The van der Waals surface area contributed by atoms with Gasteiger partial charge in [0.15, 0.2) is 23.6 Å². The number of rotatable bonds is 4. The zero-order valence-corrected chi connectivity index (χ0v) is 12.6. The molecule has 20 heavy (non-hydrogen) atoms. The van der Waals surface area contributed by atoms with Gasteiger partial charge in [0.25, 0.3) is 0 Å². The molecule has 0 aromatic carbocycles. The number of esters is 2. The molecular weight excluding hydrogens is 288 g/mol. The van der Waals surface area contributed by atoms with Crippen LogP contribution in [-0.4, -0.2) is 54.5 Å². The Morgan fingerprint density at radius 3 is 2.05 bits per heavy atom. The summed E-state index contributed by atoms with van der Waals surface area (Å²) >= 11 is 0.981. The summed E-state index contributed by atoms with van der Waals surface area (Å²) < 4.78 is 20.8. The fraction of sp³-hybridized carbons (Fsp3) is 0.750. The van der Waals surface area contributed by atoms with Gasteiger partial charge in [0.1, 0.15) is 0 Å². The molecule has 0 saturated carbocycles. The van der Waals surface area contributed by atoms with E-state index < -0.39 is 35.7 Å². The van der Waals surface area contributed by atoms with E-state index in [1.54, 1.807) is 0 Å². The number of methoxy groups -OCH3 is 1. The van der Waals surface area contributed by atoms with Gasteiger partial charge in [-0.1, -0.05) is 11.8 Å². The second-order valence-electron chi connectivity index (χ2n) is 4.23. The molecule has 0 spiro atoms. The van der Waals surface area contributed by atoms with Crippen molar-refractivity contribution in [2.45, 2.75) is 44.5 Å². The van der Waals surface area contributed by atoms with Gasteiger partial charge in [-0.15, -0.1) is 0 Å². The normalized spacial score (nSPS) is 29.6. The molecule has 0 aromatic heterocycles. The predicted molar refractivity (Wildman–Crippen MR) is 69.9 cm³/mol. The SMILES string of the molecule is CO[C@H]1OC[C@H](SC(C)=O)[C@H](OC(C)=O)[C@H]1OC(C)=O. The molecular formula is C12H18O7S. The molecule has 0 amide bonds. The monoisotopic (exact) mass is 306 g/mol. The van der Waals surface area contributed by atoms with Crippen molar-refractivity contribution in [3.05, 3.63) is 0 Å². The van der Waals surface area contributed by atoms with E-state index in [2.05, 4.69) is 0 Å². The summed E-state index contributed by atoms with van der Waals surface area (Å²) in [4.78, 5) is 33.7. The second-order valence-corrected chi connectivity index (χ2v) is 5.65. The lowest BCUT2D eigenvalue weighted by Crippen LogP contribution is -2.56. The van der Waals surface area contributed by atoms with Gasteiger partial charge in [-0.3, -0.25) is 14.4 Å². The summed E-state index contributed by atoms with van der Waals surface area (Å²) in [5.74, 6) is -1.08. The van der Waals surface area contributed by atoms with E-state index in [-0.39, 0.29) is 11.7 Å². The molecule has 114 valence electrons.